The van der Waals surface area contributed by atoms with Crippen molar-refractivity contribution in [3.8, 4) is 28.7 Å². The Hall–Kier alpha value is -4.07. The summed E-state index contributed by atoms with van der Waals surface area (Å²) in [5.41, 5.74) is 9.43. The van der Waals surface area contributed by atoms with Crippen LogP contribution in [0.15, 0.2) is 78.9 Å². The second kappa shape index (κ2) is 10.7. The monoisotopic (exact) mass is 475 g/mol. The Morgan fingerprint density at radius 2 is 1.61 bits per heavy atom. The minimum Gasteiger partial charge on any atom is -0.488 e. The van der Waals surface area contributed by atoms with Crippen molar-refractivity contribution in [2.24, 2.45) is 0 Å². The number of aliphatic hydroxyl groups is 1. The third-order valence-corrected chi connectivity index (χ3v) is 6.96. The standard InChI is InChI=1S/C32H29NO3/c1-22-26(12-6-13-27(22)25-10-3-2-4-11-25)21-36-31-17-32(30(19-34)28-14-7-15-29(28)31)35-20-24-9-5-8-23(16-24)18-33/h2-6,8-13,16-17,34H,7,14-15,19-21H2,1H3. The summed E-state index contributed by atoms with van der Waals surface area (Å²) < 4.78 is 12.6. The number of ether oxygens (including phenoxy) is 2. The first kappa shape index (κ1) is 23.7. The fourth-order valence-corrected chi connectivity index (χ4v) is 5.04. The Morgan fingerprint density at radius 3 is 2.42 bits per heavy atom. The molecule has 0 atom stereocenters. The van der Waals surface area contributed by atoms with Gasteiger partial charge in [0.25, 0.3) is 0 Å². The van der Waals surface area contributed by atoms with E-state index in [0.29, 0.717) is 24.5 Å². The molecule has 0 amide bonds. The van der Waals surface area contributed by atoms with E-state index in [1.807, 2.05) is 30.3 Å². The molecule has 1 N–H and O–H groups in total. The van der Waals surface area contributed by atoms with Crippen LogP contribution in [0.3, 0.4) is 0 Å². The lowest BCUT2D eigenvalue weighted by molar-refractivity contribution is 0.254. The highest BCUT2D eigenvalue weighted by Gasteiger charge is 2.24. The van der Waals surface area contributed by atoms with Gasteiger partial charge in [-0.1, -0.05) is 60.7 Å². The van der Waals surface area contributed by atoms with Gasteiger partial charge in [0.05, 0.1) is 18.2 Å². The molecule has 5 rings (SSSR count). The fourth-order valence-electron chi connectivity index (χ4n) is 5.04. The number of nitrogens with zero attached hydrogens (tertiary/aromatic N) is 1. The topological polar surface area (TPSA) is 62.5 Å². The van der Waals surface area contributed by atoms with Crippen LogP contribution in [0.25, 0.3) is 11.1 Å². The van der Waals surface area contributed by atoms with Crippen molar-refractivity contribution in [1.82, 2.24) is 0 Å². The lowest BCUT2D eigenvalue weighted by Gasteiger charge is -2.19. The smallest absolute Gasteiger partial charge is 0.129 e. The maximum atomic E-state index is 10.2. The molecule has 0 aromatic heterocycles. The molecular weight excluding hydrogens is 446 g/mol. The molecule has 36 heavy (non-hydrogen) atoms. The molecule has 0 fully saturated rings. The average Bonchev–Trinajstić information content (AvgIpc) is 3.42. The second-order valence-electron chi connectivity index (χ2n) is 9.17. The zero-order valence-electron chi connectivity index (χ0n) is 20.5. The van der Waals surface area contributed by atoms with Gasteiger partial charge in [-0.25, -0.2) is 0 Å². The van der Waals surface area contributed by atoms with Gasteiger partial charge in [-0.15, -0.1) is 0 Å². The Bertz CT molecular complexity index is 1420. The van der Waals surface area contributed by atoms with E-state index in [1.165, 1.54) is 22.3 Å². The number of aliphatic hydroxyl groups excluding tert-OH is 1. The maximum Gasteiger partial charge on any atom is 0.129 e. The predicted octanol–water partition coefficient (Wildman–Crippen LogP) is 6.67. The van der Waals surface area contributed by atoms with E-state index in [0.717, 1.165) is 47.3 Å². The number of fused-ring (bicyclic) bond motifs is 1. The number of rotatable bonds is 8. The van der Waals surface area contributed by atoms with Gasteiger partial charge in [0.2, 0.25) is 0 Å². The molecular formula is C32H29NO3. The van der Waals surface area contributed by atoms with Gasteiger partial charge in [0, 0.05) is 11.6 Å². The van der Waals surface area contributed by atoms with Crippen LogP contribution in [-0.2, 0) is 32.7 Å². The molecule has 4 aromatic rings. The summed E-state index contributed by atoms with van der Waals surface area (Å²) in [6.45, 7) is 2.85. The maximum absolute atomic E-state index is 10.2. The van der Waals surface area contributed by atoms with Crippen LogP contribution in [0, 0.1) is 18.3 Å². The van der Waals surface area contributed by atoms with Crippen LogP contribution < -0.4 is 9.47 Å². The first-order chi connectivity index (χ1) is 17.7. The Labute approximate surface area is 212 Å². The quantitative estimate of drug-likeness (QED) is 0.309. The first-order valence-electron chi connectivity index (χ1n) is 12.3. The van der Waals surface area contributed by atoms with Crippen LogP contribution in [-0.4, -0.2) is 5.11 Å². The van der Waals surface area contributed by atoms with E-state index in [-0.39, 0.29) is 6.61 Å². The van der Waals surface area contributed by atoms with Crippen LogP contribution in [0.1, 0.15) is 45.4 Å². The third kappa shape index (κ3) is 4.84. The zero-order valence-corrected chi connectivity index (χ0v) is 20.5. The summed E-state index contributed by atoms with van der Waals surface area (Å²) in [6.07, 6.45) is 2.88. The van der Waals surface area contributed by atoms with Gasteiger partial charge in [0.1, 0.15) is 24.7 Å². The summed E-state index contributed by atoms with van der Waals surface area (Å²) in [6, 6.07) is 28.2. The van der Waals surface area contributed by atoms with Crippen molar-refractivity contribution in [3.63, 3.8) is 0 Å². The molecule has 0 spiro atoms. The number of hydrogen-bond acceptors (Lipinski definition) is 4. The van der Waals surface area contributed by atoms with E-state index in [9.17, 15) is 10.4 Å². The predicted molar refractivity (Wildman–Crippen MR) is 141 cm³/mol. The largest absolute Gasteiger partial charge is 0.488 e. The molecule has 1 aliphatic carbocycles. The van der Waals surface area contributed by atoms with E-state index in [4.69, 9.17) is 9.47 Å². The summed E-state index contributed by atoms with van der Waals surface area (Å²) in [5, 5.41) is 19.4. The molecule has 0 bridgehead atoms. The molecule has 0 unspecified atom stereocenters. The van der Waals surface area contributed by atoms with Crippen molar-refractivity contribution in [3.05, 3.63) is 118 Å². The Balaban J connectivity index is 1.41. The van der Waals surface area contributed by atoms with Gasteiger partial charge < -0.3 is 14.6 Å². The molecule has 0 saturated heterocycles. The van der Waals surface area contributed by atoms with E-state index < -0.39 is 0 Å². The summed E-state index contributed by atoms with van der Waals surface area (Å²) in [4.78, 5) is 0. The SMILES string of the molecule is Cc1c(COc2cc(OCc3cccc(C#N)c3)c(CO)c3c2CCC3)cccc1-c1ccccc1. The summed E-state index contributed by atoms with van der Waals surface area (Å²) in [5.74, 6) is 1.47. The van der Waals surface area contributed by atoms with Gasteiger partial charge in [-0.2, -0.15) is 5.26 Å². The zero-order chi connectivity index (χ0) is 24.9. The lowest BCUT2D eigenvalue weighted by atomic mass is 9.97. The Morgan fingerprint density at radius 1 is 0.833 bits per heavy atom. The minimum absolute atomic E-state index is 0.0750. The molecule has 180 valence electrons. The van der Waals surface area contributed by atoms with Gasteiger partial charge >= 0.3 is 0 Å². The number of nitriles is 1. The third-order valence-electron chi connectivity index (χ3n) is 6.96. The fraction of sp³-hybridized carbons (Fsp3) is 0.219. The second-order valence-corrected chi connectivity index (χ2v) is 9.17. The molecule has 4 nitrogen and oxygen atoms in total. The Kier molecular flexibility index (Phi) is 7.02. The van der Waals surface area contributed by atoms with Crippen LogP contribution in [0.2, 0.25) is 0 Å². The molecule has 4 heteroatoms. The van der Waals surface area contributed by atoms with Crippen molar-refractivity contribution < 1.29 is 14.6 Å². The summed E-state index contributed by atoms with van der Waals surface area (Å²) in [7, 11) is 0. The van der Waals surface area contributed by atoms with E-state index in [1.54, 1.807) is 6.07 Å². The lowest BCUT2D eigenvalue weighted by Crippen LogP contribution is -2.06. The van der Waals surface area contributed by atoms with Crippen molar-refractivity contribution in [1.29, 1.82) is 5.26 Å². The molecule has 0 heterocycles. The number of hydrogen-bond donors (Lipinski definition) is 1. The normalized spacial score (nSPS) is 12.1. The van der Waals surface area contributed by atoms with Crippen LogP contribution >= 0.6 is 0 Å². The number of benzene rings is 4. The summed E-state index contributed by atoms with van der Waals surface area (Å²) >= 11 is 0. The molecule has 0 aliphatic heterocycles. The van der Waals surface area contributed by atoms with Gasteiger partial charge in [-0.3, -0.25) is 0 Å². The molecule has 0 radical (unpaired) electrons. The molecule has 1 aliphatic rings. The van der Waals surface area contributed by atoms with Gasteiger partial charge in [-0.05, 0) is 77.3 Å². The van der Waals surface area contributed by atoms with Crippen molar-refractivity contribution in [2.45, 2.75) is 46.0 Å². The highest BCUT2D eigenvalue weighted by Crippen LogP contribution is 2.40. The highest BCUT2D eigenvalue weighted by atomic mass is 16.5. The average molecular weight is 476 g/mol. The molecule has 4 aromatic carbocycles. The van der Waals surface area contributed by atoms with Gasteiger partial charge in [0.15, 0.2) is 0 Å². The highest BCUT2D eigenvalue weighted by molar-refractivity contribution is 5.68. The van der Waals surface area contributed by atoms with Crippen molar-refractivity contribution >= 4 is 0 Å². The van der Waals surface area contributed by atoms with Crippen LogP contribution in [0.5, 0.6) is 11.5 Å². The molecule has 0 saturated carbocycles. The van der Waals surface area contributed by atoms with E-state index >= 15 is 0 Å². The van der Waals surface area contributed by atoms with E-state index in [2.05, 4.69) is 55.5 Å². The minimum atomic E-state index is -0.0750. The van der Waals surface area contributed by atoms with Crippen LogP contribution in [0.4, 0.5) is 0 Å². The first-order valence-corrected chi connectivity index (χ1v) is 12.3. The van der Waals surface area contributed by atoms with Crippen molar-refractivity contribution in [2.75, 3.05) is 0 Å².